The summed E-state index contributed by atoms with van der Waals surface area (Å²) in [5.41, 5.74) is 0. The molecule has 0 radical (unpaired) electrons. The number of nitrogens with one attached hydrogen (secondary N) is 1. The number of nitrogens with zero attached hydrogens (tertiary/aromatic N) is 1. The molecule has 2 nitrogen and oxygen atoms in total. The third kappa shape index (κ3) is 20.7. The van der Waals surface area contributed by atoms with E-state index in [2.05, 4.69) is 45.0 Å². The summed E-state index contributed by atoms with van der Waals surface area (Å²) in [6.45, 7) is 12.0. The van der Waals surface area contributed by atoms with Crippen molar-refractivity contribution >= 4 is 0 Å². The summed E-state index contributed by atoms with van der Waals surface area (Å²) < 4.78 is 0. The molecular formula is C38H78N2. The lowest BCUT2D eigenvalue weighted by Gasteiger charge is -2.37. The molecule has 0 aliphatic heterocycles. The van der Waals surface area contributed by atoms with Crippen LogP contribution in [0.4, 0.5) is 0 Å². The first-order valence-corrected chi connectivity index (χ1v) is 19.1. The summed E-state index contributed by atoms with van der Waals surface area (Å²) in [6, 6.07) is 1.61. The van der Waals surface area contributed by atoms with Crippen molar-refractivity contribution in [2.45, 2.75) is 213 Å². The minimum Gasteiger partial charge on any atom is -0.314 e. The van der Waals surface area contributed by atoms with Crippen molar-refractivity contribution in [2.24, 2.45) is 11.8 Å². The molecule has 1 fully saturated rings. The van der Waals surface area contributed by atoms with Gasteiger partial charge >= 0.3 is 0 Å². The minimum atomic E-state index is 0.773. The predicted molar refractivity (Wildman–Crippen MR) is 183 cm³/mol. The van der Waals surface area contributed by atoms with Gasteiger partial charge in [0.25, 0.3) is 0 Å². The normalized spacial score (nSPS) is 18.7. The highest BCUT2D eigenvalue weighted by Gasteiger charge is 2.26. The molecule has 1 aliphatic rings. The van der Waals surface area contributed by atoms with Gasteiger partial charge in [0.1, 0.15) is 0 Å². The van der Waals surface area contributed by atoms with Crippen LogP contribution in [0.2, 0.25) is 0 Å². The van der Waals surface area contributed by atoms with Crippen LogP contribution in [0.1, 0.15) is 201 Å². The third-order valence-electron chi connectivity index (χ3n) is 10.2. The maximum absolute atomic E-state index is 4.11. The van der Waals surface area contributed by atoms with E-state index < -0.39 is 0 Å². The molecule has 1 atom stereocenters. The predicted octanol–water partition coefficient (Wildman–Crippen LogP) is 12.1. The highest BCUT2D eigenvalue weighted by molar-refractivity contribution is 4.82. The Kier molecular flexibility index (Phi) is 26.3. The lowest BCUT2D eigenvalue weighted by molar-refractivity contribution is 0.136. The second kappa shape index (κ2) is 27.7. The summed E-state index contributed by atoms with van der Waals surface area (Å²) in [6.07, 6.45) is 38.5. The largest absolute Gasteiger partial charge is 0.314 e. The first-order chi connectivity index (χ1) is 19.6. The standard InChI is InChI=1S/C38H78N2/c1-6-10-14-18-22-26-36(25-21-17-13-9-4)34-40(5)38-31-29-35(30-32-38)33-39-37(27-23-19-15-11-7-2)28-24-20-16-12-8-3/h35-39H,6-34H2,1-5H3/t35-,36?,38+. The molecule has 0 aromatic rings. The molecule has 0 aromatic heterocycles. The lowest BCUT2D eigenvalue weighted by atomic mass is 9.84. The molecule has 0 spiro atoms. The van der Waals surface area contributed by atoms with Crippen LogP contribution >= 0.6 is 0 Å². The first-order valence-electron chi connectivity index (χ1n) is 19.1. The van der Waals surface area contributed by atoms with Crippen molar-refractivity contribution in [2.75, 3.05) is 20.1 Å². The maximum Gasteiger partial charge on any atom is 0.00925 e. The van der Waals surface area contributed by atoms with E-state index in [0.29, 0.717) is 0 Å². The monoisotopic (exact) mass is 563 g/mol. The summed E-state index contributed by atoms with van der Waals surface area (Å²) >= 11 is 0. The zero-order valence-corrected chi connectivity index (χ0v) is 28.8. The maximum atomic E-state index is 4.11. The zero-order valence-electron chi connectivity index (χ0n) is 28.8. The summed E-state index contributed by atoms with van der Waals surface area (Å²) in [4.78, 5) is 2.80. The second-order valence-corrected chi connectivity index (χ2v) is 14.0. The van der Waals surface area contributed by atoms with Crippen LogP contribution in [0.25, 0.3) is 0 Å². The van der Waals surface area contributed by atoms with E-state index in [1.54, 1.807) is 0 Å². The minimum absolute atomic E-state index is 0.773. The zero-order chi connectivity index (χ0) is 29.1. The molecule has 40 heavy (non-hydrogen) atoms. The van der Waals surface area contributed by atoms with Crippen molar-refractivity contribution in [1.82, 2.24) is 10.2 Å². The molecule has 0 heterocycles. The van der Waals surface area contributed by atoms with E-state index >= 15 is 0 Å². The molecule has 1 aliphatic carbocycles. The smallest absolute Gasteiger partial charge is 0.00925 e. The van der Waals surface area contributed by atoms with Gasteiger partial charge in [-0.2, -0.15) is 0 Å². The van der Waals surface area contributed by atoms with Crippen LogP contribution in [0.5, 0.6) is 0 Å². The van der Waals surface area contributed by atoms with E-state index in [4.69, 9.17) is 0 Å². The van der Waals surface area contributed by atoms with Gasteiger partial charge < -0.3 is 10.2 Å². The fourth-order valence-corrected chi connectivity index (χ4v) is 7.24. The highest BCUT2D eigenvalue weighted by atomic mass is 15.1. The third-order valence-corrected chi connectivity index (χ3v) is 10.2. The van der Waals surface area contributed by atoms with Crippen LogP contribution in [0.15, 0.2) is 0 Å². The van der Waals surface area contributed by atoms with Gasteiger partial charge in [-0.15, -0.1) is 0 Å². The number of hydrogen-bond acceptors (Lipinski definition) is 2. The summed E-state index contributed by atoms with van der Waals surface area (Å²) in [5, 5.41) is 4.11. The Labute approximate surface area is 255 Å². The molecule has 1 N–H and O–H groups in total. The molecular weight excluding hydrogens is 484 g/mol. The Balaban J connectivity index is 2.41. The van der Waals surface area contributed by atoms with Crippen molar-refractivity contribution in [3.8, 4) is 0 Å². The van der Waals surface area contributed by atoms with Crippen molar-refractivity contribution in [1.29, 1.82) is 0 Å². The Morgan fingerprint density at radius 3 is 1.38 bits per heavy atom. The quantitative estimate of drug-likeness (QED) is 0.0912. The highest BCUT2D eigenvalue weighted by Crippen LogP contribution is 2.29. The van der Waals surface area contributed by atoms with E-state index in [1.165, 1.54) is 186 Å². The molecule has 2 heteroatoms. The molecule has 1 saturated carbocycles. The topological polar surface area (TPSA) is 15.3 Å². The van der Waals surface area contributed by atoms with Crippen molar-refractivity contribution < 1.29 is 0 Å². The molecule has 0 amide bonds. The average Bonchev–Trinajstić information content (AvgIpc) is 2.97. The molecule has 0 saturated heterocycles. The molecule has 0 bridgehead atoms. The molecule has 240 valence electrons. The fourth-order valence-electron chi connectivity index (χ4n) is 7.24. The van der Waals surface area contributed by atoms with E-state index in [-0.39, 0.29) is 0 Å². The van der Waals surface area contributed by atoms with Crippen LogP contribution in [0.3, 0.4) is 0 Å². The SMILES string of the molecule is CCCCCCCC(CCCCCC)CN(C)[C@H]1CC[C@@H](CNC(CCCCCCC)CCCCCCC)CC1. The summed E-state index contributed by atoms with van der Waals surface area (Å²) in [5.74, 6) is 1.84. The lowest BCUT2D eigenvalue weighted by Crippen LogP contribution is -2.40. The molecule has 1 rings (SSSR count). The van der Waals surface area contributed by atoms with E-state index in [1.807, 2.05) is 0 Å². The number of rotatable bonds is 29. The number of unbranched alkanes of at least 4 members (excludes halogenated alkanes) is 15. The van der Waals surface area contributed by atoms with Gasteiger partial charge in [-0.3, -0.25) is 0 Å². The van der Waals surface area contributed by atoms with Crippen molar-refractivity contribution in [3.05, 3.63) is 0 Å². The fraction of sp³-hybridized carbons (Fsp3) is 1.00. The van der Waals surface area contributed by atoms with E-state index in [9.17, 15) is 0 Å². The van der Waals surface area contributed by atoms with Gasteiger partial charge in [0.05, 0.1) is 0 Å². The van der Waals surface area contributed by atoms with Gasteiger partial charge in [0.2, 0.25) is 0 Å². The van der Waals surface area contributed by atoms with Gasteiger partial charge in [-0.05, 0) is 76.8 Å². The van der Waals surface area contributed by atoms with E-state index in [0.717, 1.165) is 23.9 Å². The molecule has 0 aromatic carbocycles. The van der Waals surface area contributed by atoms with Gasteiger partial charge in [-0.1, -0.05) is 150 Å². The number of hydrogen-bond donors (Lipinski definition) is 1. The summed E-state index contributed by atoms with van der Waals surface area (Å²) in [7, 11) is 2.46. The Hall–Kier alpha value is -0.0800. The van der Waals surface area contributed by atoms with Crippen LogP contribution < -0.4 is 5.32 Å². The van der Waals surface area contributed by atoms with Crippen molar-refractivity contribution in [3.63, 3.8) is 0 Å². The second-order valence-electron chi connectivity index (χ2n) is 14.0. The Morgan fingerprint density at radius 2 is 0.925 bits per heavy atom. The van der Waals surface area contributed by atoms with Crippen LogP contribution in [0, 0.1) is 11.8 Å². The Bertz CT molecular complexity index is 484. The average molecular weight is 563 g/mol. The van der Waals surface area contributed by atoms with Gasteiger partial charge in [0, 0.05) is 18.6 Å². The van der Waals surface area contributed by atoms with Gasteiger partial charge in [0.15, 0.2) is 0 Å². The Morgan fingerprint density at radius 1 is 0.525 bits per heavy atom. The first kappa shape index (κ1) is 37.9. The molecule has 1 unspecified atom stereocenters. The van der Waals surface area contributed by atoms with Crippen LogP contribution in [-0.2, 0) is 0 Å². The van der Waals surface area contributed by atoms with Gasteiger partial charge in [-0.25, -0.2) is 0 Å². The van der Waals surface area contributed by atoms with Crippen LogP contribution in [-0.4, -0.2) is 37.1 Å².